The number of aromatic nitrogens is 2. The van der Waals surface area contributed by atoms with Crippen LogP contribution in [0.15, 0.2) is 35.7 Å². The van der Waals surface area contributed by atoms with Gasteiger partial charge in [0.05, 0.1) is 18.5 Å². The van der Waals surface area contributed by atoms with Crippen LogP contribution in [0.4, 0.5) is 0 Å². The first kappa shape index (κ1) is 29.1. The molecule has 0 amide bonds. The molecule has 1 atom stereocenters. The molecule has 3 N–H and O–H groups in total. The molecule has 2 aromatic rings. The van der Waals surface area contributed by atoms with Gasteiger partial charge < -0.3 is 14.7 Å². The molecule has 34 heavy (non-hydrogen) atoms. The number of benzene rings is 1. The lowest BCUT2D eigenvalue weighted by molar-refractivity contribution is 0.226. The number of rotatable bonds is 11. The Labute approximate surface area is 210 Å². The Hall–Kier alpha value is -2.91. The van der Waals surface area contributed by atoms with Crippen LogP contribution in [0.3, 0.4) is 0 Å². The average Bonchev–Trinajstić information content (AvgIpc) is 3.25. The number of hydrogen-bond acceptors (Lipinski definition) is 4. The largest absolute Gasteiger partial charge is 0.507 e. The predicted octanol–water partition coefficient (Wildman–Crippen LogP) is 7.44. The Morgan fingerprint density at radius 1 is 1.21 bits per heavy atom. The van der Waals surface area contributed by atoms with Crippen LogP contribution in [0.2, 0.25) is 0 Å². The minimum Gasteiger partial charge on any atom is -0.507 e. The van der Waals surface area contributed by atoms with Crippen LogP contribution in [-0.4, -0.2) is 39.9 Å². The van der Waals surface area contributed by atoms with Crippen molar-refractivity contribution in [1.29, 1.82) is 0 Å². The van der Waals surface area contributed by atoms with Crippen LogP contribution in [0, 0.1) is 17.5 Å². The van der Waals surface area contributed by atoms with E-state index in [0.29, 0.717) is 10.7 Å². The molecule has 1 heterocycles. The third-order valence-corrected chi connectivity index (χ3v) is 6.42. The minimum atomic E-state index is 0.231. The summed E-state index contributed by atoms with van der Waals surface area (Å²) in [4.78, 5) is 2.43. The monoisotopic (exact) mass is 483 g/mol. The molecular weight excluding hydrogens is 442 g/mol. The number of phenols is 1. The summed E-state index contributed by atoms with van der Waals surface area (Å²) in [6.07, 6.45) is 14.4. The van der Waals surface area contributed by atoms with E-state index in [1.165, 1.54) is 0 Å². The molecule has 1 aromatic carbocycles. The van der Waals surface area contributed by atoms with Gasteiger partial charge in [-0.15, -0.1) is 12.8 Å². The van der Waals surface area contributed by atoms with Crippen molar-refractivity contribution in [1.82, 2.24) is 15.1 Å². The van der Waals surface area contributed by atoms with Gasteiger partial charge in [0.25, 0.3) is 0 Å². The summed E-state index contributed by atoms with van der Waals surface area (Å²) in [5.41, 5.74) is 5.68. The highest BCUT2D eigenvalue weighted by atomic mass is 32.1. The van der Waals surface area contributed by atoms with Gasteiger partial charge in [-0.3, -0.25) is 10.2 Å². The quantitative estimate of drug-likeness (QED) is 0.134. The van der Waals surface area contributed by atoms with Gasteiger partial charge in [0.15, 0.2) is 0 Å². The molecule has 2 rings (SSSR count). The van der Waals surface area contributed by atoms with E-state index in [2.05, 4.69) is 68.6 Å². The maximum absolute atomic E-state index is 10.6. The van der Waals surface area contributed by atoms with Crippen molar-refractivity contribution >= 4 is 17.8 Å². The van der Waals surface area contributed by atoms with Crippen LogP contribution in [0.5, 0.6) is 5.75 Å². The summed E-state index contributed by atoms with van der Waals surface area (Å²) < 4.78 is 6.31. The third-order valence-electron chi connectivity index (χ3n) is 6.12. The van der Waals surface area contributed by atoms with Crippen molar-refractivity contribution < 1.29 is 9.84 Å². The molecule has 186 valence electrons. The number of allylic oxidation sites excluding steroid dienone is 3. The Morgan fingerprint density at radius 3 is 2.44 bits per heavy atom. The van der Waals surface area contributed by atoms with Crippen LogP contribution >= 0.6 is 12.2 Å². The number of nitrogens with zero attached hydrogens (tertiary/aromatic N) is 1. The van der Waals surface area contributed by atoms with Gasteiger partial charge in [-0.25, -0.2) is 0 Å². The van der Waals surface area contributed by atoms with Crippen molar-refractivity contribution in [3.05, 3.63) is 51.5 Å². The van der Waals surface area contributed by atoms with Crippen LogP contribution in [-0.2, 0) is 11.2 Å². The van der Waals surface area contributed by atoms with Gasteiger partial charge in [-0.1, -0.05) is 45.5 Å². The first-order valence-corrected chi connectivity index (χ1v) is 12.4. The number of phenolic OH excluding ortho intramolecular Hbond substituents is 1. The highest BCUT2D eigenvalue weighted by molar-refractivity contribution is 7.71. The number of terminal acetylenes is 1. The summed E-state index contributed by atoms with van der Waals surface area (Å²) in [6, 6.07) is 6.10. The lowest BCUT2D eigenvalue weighted by Crippen LogP contribution is -2.33. The average molecular weight is 484 g/mol. The van der Waals surface area contributed by atoms with Gasteiger partial charge in [0.2, 0.25) is 0 Å². The summed E-state index contributed by atoms with van der Waals surface area (Å²) in [6.45, 7) is 13.8. The molecule has 0 aliphatic carbocycles. The SMILES string of the molecule is C#C.CCCCN(C(/C=C(\C)c1c(-c2cc(CC)ccc2O)[nH][nH]c1=S)=C(/C)OC)C(C)CC. The highest BCUT2D eigenvalue weighted by Gasteiger charge is 2.20. The van der Waals surface area contributed by atoms with Crippen molar-refractivity contribution in [2.75, 3.05) is 13.7 Å². The zero-order valence-electron chi connectivity index (χ0n) is 21.8. The van der Waals surface area contributed by atoms with Gasteiger partial charge in [0.1, 0.15) is 16.1 Å². The molecule has 5 nitrogen and oxygen atoms in total. The molecule has 0 spiro atoms. The smallest absolute Gasteiger partial charge is 0.127 e. The van der Waals surface area contributed by atoms with E-state index in [0.717, 1.165) is 71.6 Å². The molecule has 6 heteroatoms. The Kier molecular flexibility index (Phi) is 12.3. The van der Waals surface area contributed by atoms with Gasteiger partial charge >= 0.3 is 0 Å². The molecule has 0 saturated carbocycles. The molecule has 0 aliphatic rings. The van der Waals surface area contributed by atoms with Crippen LogP contribution in [0.25, 0.3) is 16.8 Å². The molecule has 0 saturated heterocycles. The second kappa shape index (κ2) is 14.4. The fourth-order valence-corrected chi connectivity index (χ4v) is 4.15. The van der Waals surface area contributed by atoms with E-state index in [-0.39, 0.29) is 5.75 Å². The lowest BCUT2D eigenvalue weighted by atomic mass is 9.98. The number of nitrogens with one attached hydrogen (secondary N) is 2. The van der Waals surface area contributed by atoms with Gasteiger partial charge in [0, 0.05) is 23.7 Å². The van der Waals surface area contributed by atoms with Crippen molar-refractivity contribution in [3.63, 3.8) is 0 Å². The van der Waals surface area contributed by atoms with Crippen LogP contribution in [0.1, 0.15) is 71.9 Å². The van der Waals surface area contributed by atoms with Gasteiger partial charge in [-0.05, 0) is 69.4 Å². The van der Waals surface area contributed by atoms with Crippen molar-refractivity contribution in [2.24, 2.45) is 0 Å². The molecule has 1 aromatic heterocycles. The normalized spacial score (nSPS) is 12.9. The van der Waals surface area contributed by atoms with Crippen molar-refractivity contribution in [3.8, 4) is 29.9 Å². The molecule has 0 aliphatic heterocycles. The highest BCUT2D eigenvalue weighted by Crippen LogP contribution is 2.35. The predicted molar refractivity (Wildman–Crippen MR) is 147 cm³/mol. The van der Waals surface area contributed by atoms with Crippen LogP contribution < -0.4 is 0 Å². The zero-order valence-corrected chi connectivity index (χ0v) is 22.6. The first-order chi connectivity index (χ1) is 16.3. The molecule has 0 fully saturated rings. The van der Waals surface area contributed by atoms with E-state index in [1.807, 2.05) is 19.1 Å². The Morgan fingerprint density at radius 2 is 1.88 bits per heavy atom. The summed E-state index contributed by atoms with van der Waals surface area (Å²) in [7, 11) is 1.72. The van der Waals surface area contributed by atoms with E-state index in [1.54, 1.807) is 13.2 Å². The first-order valence-electron chi connectivity index (χ1n) is 11.9. The number of methoxy groups -OCH3 is 1. The topological polar surface area (TPSA) is 64.3 Å². The number of hydrogen-bond donors (Lipinski definition) is 3. The molecule has 1 unspecified atom stereocenters. The maximum atomic E-state index is 10.6. The number of aromatic hydroxyl groups is 1. The van der Waals surface area contributed by atoms with E-state index < -0.39 is 0 Å². The minimum absolute atomic E-state index is 0.231. The lowest BCUT2D eigenvalue weighted by Gasteiger charge is -2.33. The van der Waals surface area contributed by atoms with E-state index >= 15 is 0 Å². The second-order valence-corrected chi connectivity index (χ2v) is 8.72. The third kappa shape index (κ3) is 7.04. The second-order valence-electron chi connectivity index (χ2n) is 8.31. The van der Waals surface area contributed by atoms with Crippen molar-refractivity contribution in [2.45, 2.75) is 73.3 Å². The van der Waals surface area contributed by atoms with Gasteiger partial charge in [-0.2, -0.15) is 0 Å². The fraction of sp³-hybridized carbons (Fsp3) is 0.464. The molecule has 0 radical (unpaired) electrons. The number of aryl methyl sites for hydroxylation is 1. The summed E-state index contributed by atoms with van der Waals surface area (Å²) >= 11 is 5.64. The summed E-state index contributed by atoms with van der Waals surface area (Å²) in [5.74, 6) is 1.11. The van der Waals surface area contributed by atoms with E-state index in [9.17, 15) is 5.11 Å². The Balaban J connectivity index is 0.00000281. The molecular formula is C28H41N3O2S. The number of aromatic amines is 2. The number of ether oxygens (including phenoxy) is 1. The zero-order chi connectivity index (χ0) is 25.8. The summed E-state index contributed by atoms with van der Waals surface area (Å²) in [5, 5.41) is 16.8. The standard InChI is InChI=1S/C26H39N3O2S.C2H2/c1-8-11-14-29(18(5)9-2)22(19(6)31-7)15-17(4)24-25(27-28-26(24)32)21-16-20(10-3)12-13-23(21)30;1-2/h12-13,15-16,18,30H,8-11,14H2,1-7H3,(H2,27,28,32);1-2H/b17-15+,22-19-;. The molecule has 0 bridgehead atoms. The van der Waals surface area contributed by atoms with E-state index in [4.69, 9.17) is 17.0 Å². The number of unbranched alkanes of at least 4 members (excludes halogenated alkanes) is 1. The Bertz CT molecular complexity index is 1060. The maximum Gasteiger partial charge on any atom is 0.127 e. The number of H-pyrrole nitrogens is 2. The fourth-order valence-electron chi connectivity index (χ4n) is 3.84.